The Labute approximate surface area is 117 Å². The average molecular weight is 263 g/mol. The maximum Gasteiger partial charge on any atom is 0.0414 e. The van der Waals surface area contributed by atoms with Crippen LogP contribution in [0.5, 0.6) is 0 Å². The van der Waals surface area contributed by atoms with Gasteiger partial charge in [-0.1, -0.05) is 33.8 Å². The number of thiol groups is 1. The Hall–Kier alpha value is -0.890. The van der Waals surface area contributed by atoms with Crippen molar-refractivity contribution >= 4 is 18.3 Å². The number of rotatable bonds is 2. The maximum absolute atomic E-state index is 4.43. The molecule has 0 spiro atoms. The molecule has 0 saturated carbocycles. The van der Waals surface area contributed by atoms with Crippen LogP contribution in [0.1, 0.15) is 52.7 Å². The van der Waals surface area contributed by atoms with Crippen LogP contribution in [0.3, 0.4) is 0 Å². The smallest absolute Gasteiger partial charge is 0.0414 e. The highest BCUT2D eigenvalue weighted by Crippen LogP contribution is 2.45. The molecule has 0 fully saturated rings. The third kappa shape index (κ3) is 2.44. The van der Waals surface area contributed by atoms with E-state index >= 15 is 0 Å². The normalized spacial score (nSPS) is 15.9. The van der Waals surface area contributed by atoms with Crippen LogP contribution in [0, 0.1) is 0 Å². The lowest BCUT2D eigenvalue weighted by molar-refractivity contribution is 0.635. The molecule has 2 heteroatoms. The van der Waals surface area contributed by atoms with Crippen molar-refractivity contribution in [1.82, 2.24) is 5.32 Å². The van der Waals surface area contributed by atoms with Gasteiger partial charge in [0.2, 0.25) is 0 Å². The van der Waals surface area contributed by atoms with Gasteiger partial charge in [0.1, 0.15) is 0 Å². The molecule has 1 nitrogen and oxygen atoms in total. The molecule has 1 aromatic rings. The minimum Gasteiger partial charge on any atom is -0.385 e. The molecule has 100 valence electrons. The summed E-state index contributed by atoms with van der Waals surface area (Å²) in [4.78, 5) is 1.04. The molecule has 0 saturated heterocycles. The van der Waals surface area contributed by atoms with Gasteiger partial charge >= 0.3 is 0 Å². The minimum atomic E-state index is 0.117. The van der Waals surface area contributed by atoms with E-state index in [2.05, 4.69) is 63.8 Å². The Kier molecular flexibility index (Phi) is 4.92. The van der Waals surface area contributed by atoms with Crippen molar-refractivity contribution < 1.29 is 0 Å². The van der Waals surface area contributed by atoms with E-state index in [1.807, 2.05) is 13.8 Å². The predicted molar refractivity (Wildman–Crippen MR) is 84.3 cm³/mol. The lowest BCUT2D eigenvalue weighted by atomic mass is 9.82. The molecular weight excluding hydrogens is 238 g/mol. The fraction of sp³-hybridized carbons (Fsp3) is 0.500. The molecule has 18 heavy (non-hydrogen) atoms. The van der Waals surface area contributed by atoms with Gasteiger partial charge in [0, 0.05) is 28.1 Å². The average Bonchev–Trinajstić information content (AvgIpc) is 2.54. The van der Waals surface area contributed by atoms with E-state index in [4.69, 9.17) is 0 Å². The largest absolute Gasteiger partial charge is 0.385 e. The third-order valence-corrected chi connectivity index (χ3v) is 3.89. The van der Waals surface area contributed by atoms with Gasteiger partial charge in [-0.15, -0.1) is 12.6 Å². The molecule has 2 rings (SSSR count). The van der Waals surface area contributed by atoms with Crippen LogP contribution in [0.2, 0.25) is 0 Å². The second-order valence-corrected chi connectivity index (χ2v) is 5.40. The highest BCUT2D eigenvalue weighted by atomic mass is 32.1. The van der Waals surface area contributed by atoms with Gasteiger partial charge in [0.05, 0.1) is 0 Å². The van der Waals surface area contributed by atoms with Crippen LogP contribution in [0.25, 0.3) is 5.70 Å². The van der Waals surface area contributed by atoms with Crippen molar-refractivity contribution in [2.45, 2.75) is 51.9 Å². The molecule has 0 aliphatic heterocycles. The van der Waals surface area contributed by atoms with E-state index in [1.54, 1.807) is 0 Å². The standard InChI is InChI=1S/C14H19NS.C2H6/c1-5-15-13-9(2)14(3,4)12-8-10(16)6-7-11(12)13;1-2/h6-8,15-16H,5H2,1-4H3;1-2H3. The van der Waals surface area contributed by atoms with Crippen LogP contribution < -0.4 is 5.32 Å². The van der Waals surface area contributed by atoms with Gasteiger partial charge in [-0.2, -0.15) is 0 Å². The van der Waals surface area contributed by atoms with Crippen LogP contribution >= 0.6 is 12.6 Å². The van der Waals surface area contributed by atoms with E-state index in [0.29, 0.717) is 0 Å². The minimum absolute atomic E-state index is 0.117. The Morgan fingerprint density at radius 3 is 2.39 bits per heavy atom. The summed E-state index contributed by atoms with van der Waals surface area (Å²) in [5.41, 5.74) is 5.56. The van der Waals surface area contributed by atoms with Crippen LogP contribution in [-0.2, 0) is 5.41 Å². The quantitative estimate of drug-likeness (QED) is 0.741. The molecular formula is C16H25NS. The summed E-state index contributed by atoms with van der Waals surface area (Å²) in [7, 11) is 0. The van der Waals surface area contributed by atoms with Gasteiger partial charge in [-0.3, -0.25) is 0 Å². The summed E-state index contributed by atoms with van der Waals surface area (Å²) < 4.78 is 0. The van der Waals surface area contributed by atoms with E-state index < -0.39 is 0 Å². The molecule has 0 radical (unpaired) electrons. The SMILES string of the molecule is CC.CCNC1=C(C)C(C)(C)c2cc(S)ccc21. The zero-order valence-electron chi connectivity index (χ0n) is 12.4. The van der Waals surface area contributed by atoms with Crippen molar-refractivity contribution in [3.63, 3.8) is 0 Å². The molecule has 0 bridgehead atoms. The lowest BCUT2D eigenvalue weighted by Gasteiger charge is -2.22. The summed E-state index contributed by atoms with van der Waals surface area (Å²) >= 11 is 4.43. The van der Waals surface area contributed by atoms with E-state index in [1.165, 1.54) is 22.4 Å². The molecule has 1 aliphatic carbocycles. The van der Waals surface area contributed by atoms with Crippen molar-refractivity contribution in [3.05, 3.63) is 34.9 Å². The van der Waals surface area contributed by atoms with Crippen molar-refractivity contribution in [1.29, 1.82) is 0 Å². The second-order valence-electron chi connectivity index (χ2n) is 4.89. The Morgan fingerprint density at radius 1 is 1.22 bits per heavy atom. The van der Waals surface area contributed by atoms with Crippen LogP contribution in [0.4, 0.5) is 0 Å². The highest BCUT2D eigenvalue weighted by Gasteiger charge is 2.34. The number of benzene rings is 1. The predicted octanol–water partition coefficient (Wildman–Crippen LogP) is 4.63. The Balaban J connectivity index is 0.000000771. The molecule has 1 aromatic carbocycles. The van der Waals surface area contributed by atoms with Crippen molar-refractivity contribution in [3.8, 4) is 0 Å². The van der Waals surface area contributed by atoms with Gasteiger partial charge in [0.25, 0.3) is 0 Å². The van der Waals surface area contributed by atoms with Gasteiger partial charge in [0.15, 0.2) is 0 Å². The first-order chi connectivity index (χ1) is 8.48. The summed E-state index contributed by atoms with van der Waals surface area (Å²) in [6.45, 7) is 13.9. The number of allylic oxidation sites excluding steroid dienone is 1. The first-order valence-electron chi connectivity index (χ1n) is 6.77. The number of hydrogen-bond donors (Lipinski definition) is 2. The van der Waals surface area contributed by atoms with Gasteiger partial charge in [-0.05, 0) is 37.1 Å². The monoisotopic (exact) mass is 263 g/mol. The molecule has 0 atom stereocenters. The number of fused-ring (bicyclic) bond motifs is 1. The van der Waals surface area contributed by atoms with Crippen molar-refractivity contribution in [2.24, 2.45) is 0 Å². The first-order valence-corrected chi connectivity index (χ1v) is 7.22. The third-order valence-electron chi connectivity index (χ3n) is 3.61. The first kappa shape index (κ1) is 15.2. The molecule has 0 amide bonds. The second kappa shape index (κ2) is 5.83. The van der Waals surface area contributed by atoms with Crippen molar-refractivity contribution in [2.75, 3.05) is 6.54 Å². The van der Waals surface area contributed by atoms with Crippen LogP contribution in [-0.4, -0.2) is 6.54 Å². The highest BCUT2D eigenvalue weighted by molar-refractivity contribution is 7.80. The lowest BCUT2D eigenvalue weighted by Crippen LogP contribution is -2.16. The number of hydrogen-bond acceptors (Lipinski definition) is 2. The molecule has 1 N–H and O–H groups in total. The molecule has 0 heterocycles. The summed E-state index contributed by atoms with van der Waals surface area (Å²) in [6, 6.07) is 6.42. The van der Waals surface area contributed by atoms with E-state index in [-0.39, 0.29) is 5.41 Å². The fourth-order valence-electron chi connectivity index (χ4n) is 2.39. The summed E-state index contributed by atoms with van der Waals surface area (Å²) in [6.07, 6.45) is 0. The molecule has 1 aliphatic rings. The fourth-order valence-corrected chi connectivity index (χ4v) is 2.59. The Morgan fingerprint density at radius 2 is 1.83 bits per heavy atom. The Bertz CT molecular complexity index is 458. The van der Waals surface area contributed by atoms with E-state index in [0.717, 1.165) is 11.4 Å². The zero-order valence-corrected chi connectivity index (χ0v) is 13.3. The molecule has 0 unspecified atom stereocenters. The summed E-state index contributed by atoms with van der Waals surface area (Å²) in [5.74, 6) is 0. The zero-order chi connectivity index (χ0) is 13.9. The van der Waals surface area contributed by atoms with E-state index in [9.17, 15) is 0 Å². The van der Waals surface area contributed by atoms with Crippen LogP contribution in [0.15, 0.2) is 28.7 Å². The maximum atomic E-state index is 4.43. The van der Waals surface area contributed by atoms with Gasteiger partial charge in [-0.25, -0.2) is 0 Å². The number of nitrogens with one attached hydrogen (secondary N) is 1. The topological polar surface area (TPSA) is 12.0 Å². The summed E-state index contributed by atoms with van der Waals surface area (Å²) in [5, 5.41) is 3.48. The van der Waals surface area contributed by atoms with Gasteiger partial charge < -0.3 is 5.32 Å². The molecule has 0 aromatic heterocycles.